The fourth-order valence-corrected chi connectivity index (χ4v) is 4.66. The lowest BCUT2D eigenvalue weighted by Crippen LogP contribution is -2.28. The smallest absolute Gasteiger partial charge is 0.320 e. The van der Waals surface area contributed by atoms with Crippen LogP contribution in [0, 0.1) is 23.0 Å². The van der Waals surface area contributed by atoms with Gasteiger partial charge in [-0.2, -0.15) is 9.65 Å². The van der Waals surface area contributed by atoms with Crippen LogP contribution >= 0.6 is 11.8 Å². The molecule has 4 rings (SSSR count). The second-order valence-corrected chi connectivity index (χ2v) is 9.71. The number of thioether (sulfide) groups is 1. The monoisotopic (exact) mass is 569 g/mol. The van der Waals surface area contributed by atoms with E-state index in [4.69, 9.17) is 25.2 Å². The summed E-state index contributed by atoms with van der Waals surface area (Å²) in [6.45, 7) is 3.10. The number of ether oxygens (including phenoxy) is 3. The van der Waals surface area contributed by atoms with Gasteiger partial charge in [0, 0.05) is 31.1 Å². The van der Waals surface area contributed by atoms with Gasteiger partial charge in [0.2, 0.25) is 11.6 Å². The van der Waals surface area contributed by atoms with Crippen molar-refractivity contribution in [3.8, 4) is 34.9 Å². The van der Waals surface area contributed by atoms with Crippen molar-refractivity contribution in [1.29, 1.82) is 5.26 Å². The molecule has 2 aromatic carbocycles. The zero-order valence-electron chi connectivity index (χ0n) is 21.6. The largest absolute Gasteiger partial charge is 0.504 e. The molecular formula is C27H25F2N5O5S. The minimum atomic E-state index is -1.27. The van der Waals surface area contributed by atoms with Crippen LogP contribution < -0.4 is 15.2 Å². The van der Waals surface area contributed by atoms with E-state index in [2.05, 4.69) is 9.98 Å². The Morgan fingerprint density at radius 1 is 1.25 bits per heavy atom. The number of nitrogens with two attached hydrogens (primary N) is 1. The molecule has 2 heterocycles. The van der Waals surface area contributed by atoms with Crippen molar-refractivity contribution in [3.05, 3.63) is 65.4 Å². The highest BCUT2D eigenvalue weighted by atomic mass is 32.2. The normalized spacial score (nSPS) is 13.4. The van der Waals surface area contributed by atoms with Gasteiger partial charge in [-0.15, -0.1) is 11.8 Å². The molecule has 208 valence electrons. The summed E-state index contributed by atoms with van der Waals surface area (Å²) in [6, 6.07) is 10.4. The third-order valence-electron chi connectivity index (χ3n) is 5.70. The van der Waals surface area contributed by atoms with Gasteiger partial charge in [-0.25, -0.2) is 9.37 Å². The lowest BCUT2D eigenvalue weighted by atomic mass is 10.1. The van der Waals surface area contributed by atoms with E-state index in [9.17, 15) is 14.3 Å². The van der Waals surface area contributed by atoms with E-state index < -0.39 is 34.5 Å². The summed E-state index contributed by atoms with van der Waals surface area (Å²) < 4.78 is 46.4. The van der Waals surface area contributed by atoms with Crippen molar-refractivity contribution >= 4 is 23.6 Å². The number of hydrogen-bond donors (Lipinski definition) is 2. The number of hydrogen-bond acceptors (Lipinski definition) is 11. The predicted octanol–water partition coefficient (Wildman–Crippen LogP) is 4.20. The number of likely N-dealkylation sites (N-methyl/N-ethyl adjacent to an activating group) is 1. The fraction of sp³-hybridized carbons (Fsp3) is 0.259. The molecule has 1 aliphatic heterocycles. The number of pyridine rings is 1. The number of nitriles is 1. The van der Waals surface area contributed by atoms with Gasteiger partial charge in [0.15, 0.2) is 17.3 Å². The molecule has 0 amide bonds. The van der Waals surface area contributed by atoms with E-state index in [0.717, 1.165) is 0 Å². The topological polar surface area (TPSA) is 143 Å². The van der Waals surface area contributed by atoms with Gasteiger partial charge in [-0.05, 0) is 37.3 Å². The van der Waals surface area contributed by atoms with E-state index in [1.165, 1.54) is 36.0 Å². The van der Waals surface area contributed by atoms with Crippen LogP contribution in [0.15, 0.2) is 52.5 Å². The van der Waals surface area contributed by atoms with Crippen molar-refractivity contribution < 1.29 is 32.9 Å². The molecule has 0 aliphatic carbocycles. The maximum Gasteiger partial charge on any atom is 0.320 e. The highest BCUT2D eigenvalue weighted by Crippen LogP contribution is 2.39. The lowest BCUT2D eigenvalue weighted by Gasteiger charge is -2.20. The van der Waals surface area contributed by atoms with Crippen LogP contribution in [-0.4, -0.2) is 65.3 Å². The van der Waals surface area contributed by atoms with Gasteiger partial charge in [0.05, 0.1) is 36.5 Å². The Hall–Kier alpha value is -4.41. The number of carbonyl (C=O) groups excluding carboxylic acids is 1. The Morgan fingerprint density at radius 3 is 2.73 bits per heavy atom. The number of carbonyl (C=O) groups is 1. The molecule has 10 nitrogen and oxygen atoms in total. The average molecular weight is 570 g/mol. The van der Waals surface area contributed by atoms with Gasteiger partial charge in [0.25, 0.3) is 5.88 Å². The zero-order valence-corrected chi connectivity index (χ0v) is 22.4. The second-order valence-electron chi connectivity index (χ2n) is 8.43. The van der Waals surface area contributed by atoms with E-state index >= 15 is 4.39 Å². The molecule has 40 heavy (non-hydrogen) atoms. The van der Waals surface area contributed by atoms with Crippen molar-refractivity contribution in [3.63, 3.8) is 0 Å². The maximum atomic E-state index is 15.5. The van der Waals surface area contributed by atoms with Crippen molar-refractivity contribution in [2.24, 2.45) is 10.7 Å². The Morgan fingerprint density at radius 2 is 2.05 bits per heavy atom. The average Bonchev–Trinajstić information content (AvgIpc) is 3.38. The molecule has 0 radical (unpaired) electrons. The molecule has 1 aromatic heterocycles. The number of phenols is 1. The first-order valence-electron chi connectivity index (χ1n) is 12.1. The number of rotatable bonds is 10. The molecule has 0 fully saturated rings. The number of nitrogens with zero attached hydrogens (tertiary/aromatic N) is 4. The van der Waals surface area contributed by atoms with Crippen LogP contribution in [0.2, 0.25) is 0 Å². The number of amidine groups is 1. The predicted molar refractivity (Wildman–Crippen MR) is 143 cm³/mol. The highest BCUT2D eigenvalue weighted by molar-refractivity contribution is 8.00. The summed E-state index contributed by atoms with van der Waals surface area (Å²) in [4.78, 5) is 22.9. The Bertz CT molecular complexity index is 1500. The molecule has 1 unspecified atom stereocenters. The van der Waals surface area contributed by atoms with E-state index in [0.29, 0.717) is 35.6 Å². The molecule has 1 aliphatic rings. The minimum Gasteiger partial charge on any atom is -0.504 e. The Balaban J connectivity index is 1.70. The lowest BCUT2D eigenvalue weighted by molar-refractivity contribution is -0.142. The Labute approximate surface area is 233 Å². The fourth-order valence-electron chi connectivity index (χ4n) is 3.74. The van der Waals surface area contributed by atoms with Crippen LogP contribution in [0.4, 0.5) is 8.78 Å². The van der Waals surface area contributed by atoms with Crippen LogP contribution in [0.25, 0.3) is 0 Å². The van der Waals surface area contributed by atoms with Crippen molar-refractivity contribution in [2.45, 2.75) is 17.1 Å². The van der Waals surface area contributed by atoms with Crippen molar-refractivity contribution in [2.75, 3.05) is 33.3 Å². The first kappa shape index (κ1) is 28.6. The summed E-state index contributed by atoms with van der Waals surface area (Å²) in [5.74, 6) is -4.29. The zero-order chi connectivity index (χ0) is 28.8. The number of aliphatic imine (C=N–C) groups is 1. The molecule has 0 saturated carbocycles. The number of aromatic nitrogens is 1. The summed E-state index contributed by atoms with van der Waals surface area (Å²) in [5, 5.41) is 18.5. The number of phenolic OH excluding ortho intramolecular Hbond substituents is 1. The van der Waals surface area contributed by atoms with E-state index in [-0.39, 0.29) is 36.0 Å². The molecule has 0 spiro atoms. The number of halogens is 2. The van der Waals surface area contributed by atoms with Gasteiger partial charge in [-0.3, -0.25) is 9.79 Å². The van der Waals surface area contributed by atoms with Gasteiger partial charge >= 0.3 is 5.97 Å². The summed E-state index contributed by atoms with van der Waals surface area (Å²) in [7, 11) is 1.82. The summed E-state index contributed by atoms with van der Waals surface area (Å²) >= 11 is 1.19. The SMILES string of the molecule is CCOC(=O)C(CN)Sc1ccc(Oc2c(F)cnc(Oc3cc(C#N)ccc3O)c2F)c(C2=NCCN2C)c1. The standard InChI is InChI=1S/C27H25F2N5O5S/c1-3-37-27(36)22(13-31)40-16-5-7-20(17(11-16)25-32-8-9-34(25)2)38-24-18(28)14-33-26(23(24)29)39-21-10-15(12-30)4-6-19(21)35/h4-7,10-11,14,22,35H,3,8-9,13,31H2,1-2H3. The van der Waals surface area contributed by atoms with Crippen molar-refractivity contribution in [1.82, 2.24) is 9.88 Å². The number of aromatic hydroxyl groups is 1. The van der Waals surface area contributed by atoms with E-state index in [1.54, 1.807) is 19.1 Å². The number of esters is 1. The first-order chi connectivity index (χ1) is 19.2. The van der Waals surface area contributed by atoms with Gasteiger partial charge < -0.3 is 30.0 Å². The first-order valence-corrected chi connectivity index (χ1v) is 13.0. The summed E-state index contributed by atoms with van der Waals surface area (Å²) in [6.07, 6.45) is 0.716. The van der Waals surface area contributed by atoms with Crippen LogP contribution in [-0.2, 0) is 9.53 Å². The van der Waals surface area contributed by atoms with Gasteiger partial charge in [-0.1, -0.05) is 0 Å². The third kappa shape index (κ3) is 6.24. The second kappa shape index (κ2) is 12.6. The van der Waals surface area contributed by atoms with E-state index in [1.807, 2.05) is 18.0 Å². The Kier molecular flexibility index (Phi) is 9.03. The van der Waals surface area contributed by atoms with Gasteiger partial charge in [0.1, 0.15) is 16.8 Å². The quantitative estimate of drug-likeness (QED) is 0.269. The maximum absolute atomic E-state index is 15.5. The van der Waals surface area contributed by atoms with Crippen LogP contribution in [0.3, 0.4) is 0 Å². The van der Waals surface area contributed by atoms with Crippen LogP contribution in [0.1, 0.15) is 18.1 Å². The third-order valence-corrected chi connectivity index (χ3v) is 6.89. The molecule has 1 atom stereocenters. The minimum absolute atomic E-state index is 0.0426. The molecule has 13 heteroatoms. The summed E-state index contributed by atoms with van der Waals surface area (Å²) in [5.41, 5.74) is 6.36. The molecule has 3 N–H and O–H groups in total. The molecule has 0 saturated heterocycles. The highest BCUT2D eigenvalue weighted by Gasteiger charge is 2.26. The molecular weight excluding hydrogens is 544 g/mol. The van der Waals surface area contributed by atoms with Crippen LogP contribution in [0.5, 0.6) is 28.9 Å². The molecule has 3 aromatic rings. The number of benzene rings is 2. The molecule has 0 bridgehead atoms.